The van der Waals surface area contributed by atoms with Crippen molar-refractivity contribution >= 4 is 43.8 Å². The SMILES string of the molecule is CN1CCS/C(=C\c2c(S(N)(=O)=O)cccc2S(=O)(=O)NO)C1=O. The fraction of sp³-hybridized carbons (Fsp3) is 0.250. The number of carbonyl (C=O) groups excluding carboxylic acids is 1. The molecule has 1 heterocycles. The first-order valence-corrected chi connectivity index (χ1v) is 10.5. The van der Waals surface area contributed by atoms with Gasteiger partial charge in [0.15, 0.2) is 0 Å². The molecule has 0 aliphatic carbocycles. The van der Waals surface area contributed by atoms with Crippen LogP contribution in [-0.4, -0.2) is 52.2 Å². The quantitative estimate of drug-likeness (QED) is 0.463. The van der Waals surface area contributed by atoms with Gasteiger partial charge in [-0.15, -0.1) is 11.8 Å². The van der Waals surface area contributed by atoms with Crippen LogP contribution in [0, 0.1) is 0 Å². The van der Waals surface area contributed by atoms with Gasteiger partial charge in [-0.3, -0.25) is 4.79 Å². The normalized spacial score (nSPS) is 18.2. The Labute approximate surface area is 143 Å². The van der Waals surface area contributed by atoms with Crippen LogP contribution in [0.15, 0.2) is 32.9 Å². The number of hydrogen-bond acceptors (Lipinski definition) is 7. The molecule has 1 amide bonds. The molecule has 9 nitrogen and oxygen atoms in total. The molecule has 1 saturated heterocycles. The van der Waals surface area contributed by atoms with Crippen molar-refractivity contribution < 1.29 is 26.8 Å². The lowest BCUT2D eigenvalue weighted by molar-refractivity contribution is -0.125. The number of primary sulfonamides is 1. The van der Waals surface area contributed by atoms with Gasteiger partial charge in [0.2, 0.25) is 10.0 Å². The van der Waals surface area contributed by atoms with Crippen molar-refractivity contribution in [3.05, 3.63) is 28.7 Å². The van der Waals surface area contributed by atoms with Crippen molar-refractivity contribution in [1.29, 1.82) is 0 Å². The molecule has 132 valence electrons. The molecule has 0 atom stereocenters. The third-order valence-corrected chi connectivity index (χ3v) is 6.39. The topological polar surface area (TPSA) is 147 Å². The zero-order valence-corrected chi connectivity index (χ0v) is 14.9. The Morgan fingerprint density at radius 1 is 1.29 bits per heavy atom. The van der Waals surface area contributed by atoms with Crippen LogP contribution in [0.3, 0.4) is 0 Å². The highest BCUT2D eigenvalue weighted by atomic mass is 32.2. The number of thioether (sulfide) groups is 1. The summed E-state index contributed by atoms with van der Waals surface area (Å²) in [6, 6.07) is 3.40. The first kappa shape index (κ1) is 18.9. The van der Waals surface area contributed by atoms with E-state index in [1.165, 1.54) is 22.7 Å². The predicted molar refractivity (Wildman–Crippen MR) is 88.0 cm³/mol. The fourth-order valence-corrected chi connectivity index (χ4v) is 4.76. The Morgan fingerprint density at radius 2 is 1.92 bits per heavy atom. The highest BCUT2D eigenvalue weighted by molar-refractivity contribution is 8.04. The lowest BCUT2D eigenvalue weighted by Gasteiger charge is -2.24. The van der Waals surface area contributed by atoms with Crippen molar-refractivity contribution in [2.24, 2.45) is 5.14 Å². The molecule has 0 aromatic heterocycles. The first-order chi connectivity index (χ1) is 11.1. The van der Waals surface area contributed by atoms with Gasteiger partial charge in [0.1, 0.15) is 0 Å². The minimum atomic E-state index is -4.39. The number of nitrogens with two attached hydrogens (primary N) is 1. The van der Waals surface area contributed by atoms with Gasteiger partial charge in [0.05, 0.1) is 14.7 Å². The summed E-state index contributed by atoms with van der Waals surface area (Å²) < 4.78 is 47.5. The van der Waals surface area contributed by atoms with E-state index in [1.54, 1.807) is 7.05 Å². The summed E-state index contributed by atoms with van der Waals surface area (Å²) in [4.78, 5) is 13.9. The van der Waals surface area contributed by atoms with E-state index in [0.29, 0.717) is 12.3 Å². The third kappa shape index (κ3) is 3.79. The van der Waals surface area contributed by atoms with Crippen LogP contribution in [0.5, 0.6) is 0 Å². The Bertz CT molecular complexity index is 908. The predicted octanol–water partition coefficient (Wildman–Crippen LogP) is -0.452. The fourth-order valence-electron chi connectivity index (χ4n) is 2.08. The average molecular weight is 393 g/mol. The highest BCUT2D eigenvalue weighted by Crippen LogP contribution is 2.30. The molecule has 1 aromatic rings. The van der Waals surface area contributed by atoms with Crippen LogP contribution in [0.25, 0.3) is 6.08 Å². The third-order valence-electron chi connectivity index (χ3n) is 3.26. The van der Waals surface area contributed by atoms with E-state index in [2.05, 4.69) is 0 Å². The lowest BCUT2D eigenvalue weighted by atomic mass is 10.2. The van der Waals surface area contributed by atoms with Gasteiger partial charge < -0.3 is 10.1 Å². The molecular formula is C12H15N3O6S3. The molecule has 0 radical (unpaired) electrons. The average Bonchev–Trinajstić information content (AvgIpc) is 2.50. The maximum Gasteiger partial charge on any atom is 0.262 e. The summed E-state index contributed by atoms with van der Waals surface area (Å²) in [7, 11) is -7.07. The van der Waals surface area contributed by atoms with Gasteiger partial charge in [0, 0.05) is 24.9 Å². The van der Waals surface area contributed by atoms with Crippen LogP contribution >= 0.6 is 11.8 Å². The minimum Gasteiger partial charge on any atom is -0.340 e. The molecular weight excluding hydrogens is 378 g/mol. The number of benzene rings is 1. The number of amides is 1. The molecule has 1 fully saturated rings. The molecule has 2 rings (SSSR count). The molecule has 0 unspecified atom stereocenters. The molecule has 0 saturated carbocycles. The maximum atomic E-state index is 12.2. The number of carbonyl (C=O) groups is 1. The summed E-state index contributed by atoms with van der Waals surface area (Å²) in [6.07, 6.45) is 1.16. The van der Waals surface area contributed by atoms with Crippen LogP contribution in [0.2, 0.25) is 0 Å². The lowest BCUT2D eigenvalue weighted by Crippen LogP contribution is -2.33. The van der Waals surface area contributed by atoms with E-state index in [4.69, 9.17) is 10.3 Å². The molecule has 1 aromatic carbocycles. The Balaban J connectivity index is 2.77. The van der Waals surface area contributed by atoms with Crippen LogP contribution in [0.1, 0.15) is 5.56 Å². The van der Waals surface area contributed by atoms with Gasteiger partial charge in [-0.1, -0.05) is 11.0 Å². The van der Waals surface area contributed by atoms with Crippen molar-refractivity contribution in [2.75, 3.05) is 19.3 Å². The number of sulfonamides is 2. The second kappa shape index (κ2) is 6.82. The number of hydrogen-bond donors (Lipinski definition) is 3. The largest absolute Gasteiger partial charge is 0.340 e. The molecule has 12 heteroatoms. The van der Waals surface area contributed by atoms with Gasteiger partial charge in [-0.2, -0.15) is 0 Å². The summed E-state index contributed by atoms with van der Waals surface area (Å²) in [6.45, 7) is 0.515. The van der Waals surface area contributed by atoms with E-state index in [9.17, 15) is 21.6 Å². The Kier molecular flexibility index (Phi) is 5.37. The van der Waals surface area contributed by atoms with Crippen molar-refractivity contribution in [3.8, 4) is 0 Å². The molecule has 1 aliphatic heterocycles. The van der Waals surface area contributed by atoms with Gasteiger partial charge in [0.25, 0.3) is 15.9 Å². The number of nitrogens with zero attached hydrogens (tertiary/aromatic N) is 1. The van der Waals surface area contributed by atoms with Crippen LogP contribution in [0.4, 0.5) is 0 Å². The number of nitrogens with one attached hydrogen (secondary N) is 1. The van der Waals surface area contributed by atoms with E-state index >= 15 is 0 Å². The van der Waals surface area contributed by atoms with Crippen molar-refractivity contribution in [2.45, 2.75) is 9.79 Å². The molecule has 0 bridgehead atoms. The zero-order chi connectivity index (χ0) is 18.1. The number of rotatable bonds is 4. The Hall–Kier alpha value is -1.44. The van der Waals surface area contributed by atoms with Gasteiger partial charge in [-0.25, -0.2) is 22.0 Å². The molecule has 4 N–H and O–H groups in total. The van der Waals surface area contributed by atoms with Crippen LogP contribution < -0.4 is 10.0 Å². The summed E-state index contributed by atoms with van der Waals surface area (Å²) in [5.41, 5.74) is -0.285. The van der Waals surface area contributed by atoms with Crippen LogP contribution in [-0.2, 0) is 24.8 Å². The van der Waals surface area contributed by atoms with E-state index in [1.807, 2.05) is 0 Å². The molecule has 1 aliphatic rings. The molecule has 0 spiro atoms. The maximum absolute atomic E-state index is 12.2. The molecule has 24 heavy (non-hydrogen) atoms. The standard InChI is InChI=1S/C12H15N3O6S3/c1-15-5-6-22-9(12(15)16)7-8-10(23(13,18)19)3-2-4-11(8)24(20,21)14-17/h2-4,7,14,17H,5-6H2,1H3,(H2,13,18,19)/b9-7-. The summed E-state index contributed by atoms with van der Waals surface area (Å²) in [5.74, 6) is 0.210. The minimum absolute atomic E-state index is 0.175. The van der Waals surface area contributed by atoms with Crippen molar-refractivity contribution in [1.82, 2.24) is 9.79 Å². The van der Waals surface area contributed by atoms with E-state index in [0.717, 1.165) is 23.1 Å². The highest BCUT2D eigenvalue weighted by Gasteiger charge is 2.26. The van der Waals surface area contributed by atoms with Gasteiger partial charge in [-0.05, 0) is 18.2 Å². The Morgan fingerprint density at radius 3 is 2.50 bits per heavy atom. The van der Waals surface area contributed by atoms with E-state index < -0.39 is 29.8 Å². The second-order valence-corrected chi connectivity index (χ2v) is 9.19. The van der Waals surface area contributed by atoms with Gasteiger partial charge >= 0.3 is 0 Å². The second-order valence-electron chi connectivity index (χ2n) is 4.89. The smallest absolute Gasteiger partial charge is 0.262 e. The van der Waals surface area contributed by atoms with E-state index in [-0.39, 0.29) is 16.4 Å². The zero-order valence-electron chi connectivity index (χ0n) is 12.5. The summed E-state index contributed by atoms with van der Waals surface area (Å²) >= 11 is 1.17. The van der Waals surface area contributed by atoms with Crippen molar-refractivity contribution in [3.63, 3.8) is 0 Å². The monoisotopic (exact) mass is 393 g/mol. The number of likely N-dealkylation sites (N-methyl/N-ethyl adjacent to an activating group) is 1. The summed E-state index contributed by atoms with van der Waals surface area (Å²) in [5, 5.41) is 14.0. The first-order valence-electron chi connectivity index (χ1n) is 6.49.